The molecule has 0 bridgehead atoms. The number of fused-ring (bicyclic) bond motifs is 1. The van der Waals surface area contributed by atoms with Crippen molar-refractivity contribution in [2.24, 2.45) is 0 Å². The van der Waals surface area contributed by atoms with Gasteiger partial charge >= 0.3 is 0 Å². The van der Waals surface area contributed by atoms with Gasteiger partial charge in [-0.15, -0.1) is 0 Å². The molecular weight excluding hydrogens is 381 g/mol. The Hall–Kier alpha value is -3.48. The molecule has 7 heteroatoms. The lowest BCUT2D eigenvalue weighted by atomic mass is 9.95. The van der Waals surface area contributed by atoms with Crippen LogP contribution in [0.5, 0.6) is 0 Å². The number of halogens is 1. The zero-order valence-electron chi connectivity index (χ0n) is 16.5. The van der Waals surface area contributed by atoms with E-state index in [9.17, 15) is 9.18 Å². The van der Waals surface area contributed by atoms with Crippen LogP contribution < -0.4 is 10.9 Å². The van der Waals surface area contributed by atoms with E-state index in [1.54, 1.807) is 21.6 Å². The highest BCUT2D eigenvalue weighted by Crippen LogP contribution is 2.30. The molecule has 1 N–H and O–H groups in total. The molecule has 1 aliphatic rings. The Morgan fingerprint density at radius 3 is 2.60 bits per heavy atom. The summed E-state index contributed by atoms with van der Waals surface area (Å²) in [5.41, 5.74) is 2.00. The number of hydrogen-bond donors (Lipinski definition) is 1. The Kier molecular flexibility index (Phi) is 4.78. The number of pyridine rings is 2. The van der Waals surface area contributed by atoms with Gasteiger partial charge in [-0.2, -0.15) is 5.10 Å². The number of nitrogens with one attached hydrogen (secondary N) is 1. The van der Waals surface area contributed by atoms with Crippen molar-refractivity contribution >= 4 is 22.4 Å². The molecule has 0 atom stereocenters. The van der Waals surface area contributed by atoms with Crippen LogP contribution in [0.25, 0.3) is 16.6 Å². The van der Waals surface area contributed by atoms with Gasteiger partial charge in [-0.25, -0.2) is 14.1 Å². The predicted molar refractivity (Wildman–Crippen MR) is 115 cm³/mol. The lowest BCUT2D eigenvalue weighted by Gasteiger charge is -2.25. The van der Waals surface area contributed by atoms with Gasteiger partial charge in [0.2, 0.25) is 0 Å². The first-order chi connectivity index (χ1) is 14.7. The number of nitrogens with zero attached hydrogens (tertiary/aromatic N) is 4. The summed E-state index contributed by atoms with van der Waals surface area (Å²) in [5.74, 6) is -0.102. The minimum Gasteiger partial charge on any atom is -0.340 e. The van der Waals surface area contributed by atoms with E-state index in [1.807, 2.05) is 42.6 Å². The first kappa shape index (κ1) is 18.5. The van der Waals surface area contributed by atoms with Gasteiger partial charge in [-0.3, -0.25) is 4.79 Å². The fraction of sp³-hybridized carbons (Fsp3) is 0.261. The van der Waals surface area contributed by atoms with Crippen molar-refractivity contribution in [2.45, 2.75) is 38.1 Å². The van der Waals surface area contributed by atoms with E-state index in [-0.39, 0.29) is 6.04 Å². The summed E-state index contributed by atoms with van der Waals surface area (Å²) in [6.07, 6.45) is 10.3. The fourth-order valence-electron chi connectivity index (χ4n) is 4.23. The molecule has 3 aromatic heterocycles. The fourth-order valence-corrected chi connectivity index (χ4v) is 4.23. The molecule has 152 valence electrons. The third kappa shape index (κ3) is 3.47. The Labute approximate surface area is 173 Å². The summed E-state index contributed by atoms with van der Waals surface area (Å²) in [6.45, 7) is 0. The third-order valence-corrected chi connectivity index (χ3v) is 5.73. The van der Waals surface area contributed by atoms with Gasteiger partial charge in [0.15, 0.2) is 5.82 Å². The summed E-state index contributed by atoms with van der Waals surface area (Å²) in [6, 6.07) is 12.9. The second-order valence-corrected chi connectivity index (χ2v) is 7.71. The van der Waals surface area contributed by atoms with E-state index in [0.29, 0.717) is 11.2 Å². The zero-order valence-corrected chi connectivity index (χ0v) is 16.5. The largest absolute Gasteiger partial charge is 0.340 e. The molecule has 0 saturated heterocycles. The lowest BCUT2D eigenvalue weighted by Crippen LogP contribution is -2.28. The standard InChI is InChI=1S/C23H22FN5O/c24-20-13-16-15-25-22(14-21(16)29(23(20)30)19-5-2-1-3-6-19)27-17-7-9-18(10-8-17)28-12-4-11-26-28/h4,7-15,19H,1-3,5-6H2,(H,25,27). The van der Waals surface area contributed by atoms with Crippen molar-refractivity contribution in [3.8, 4) is 5.69 Å². The molecule has 0 aliphatic heterocycles. The van der Waals surface area contributed by atoms with Crippen LogP contribution in [0.4, 0.5) is 15.9 Å². The topological polar surface area (TPSA) is 64.7 Å². The van der Waals surface area contributed by atoms with E-state index in [1.165, 1.54) is 12.5 Å². The van der Waals surface area contributed by atoms with Gasteiger partial charge in [-0.1, -0.05) is 19.3 Å². The summed E-state index contributed by atoms with van der Waals surface area (Å²) >= 11 is 0. The van der Waals surface area contributed by atoms with Crippen LogP contribution in [0.15, 0.2) is 65.8 Å². The normalized spacial score (nSPS) is 14.8. The number of benzene rings is 1. The van der Waals surface area contributed by atoms with E-state index in [0.717, 1.165) is 42.6 Å². The van der Waals surface area contributed by atoms with Crippen molar-refractivity contribution in [3.05, 3.63) is 77.2 Å². The van der Waals surface area contributed by atoms with E-state index < -0.39 is 11.4 Å². The minimum atomic E-state index is -0.718. The average molecular weight is 403 g/mol. The van der Waals surface area contributed by atoms with Crippen molar-refractivity contribution in [3.63, 3.8) is 0 Å². The molecule has 1 fully saturated rings. The van der Waals surface area contributed by atoms with Crippen molar-refractivity contribution in [2.75, 3.05) is 5.32 Å². The quantitative estimate of drug-likeness (QED) is 0.522. The summed E-state index contributed by atoms with van der Waals surface area (Å²) in [7, 11) is 0. The van der Waals surface area contributed by atoms with Gasteiger partial charge in [0.25, 0.3) is 5.56 Å². The second-order valence-electron chi connectivity index (χ2n) is 7.71. The van der Waals surface area contributed by atoms with E-state index >= 15 is 0 Å². The molecule has 0 unspecified atom stereocenters. The predicted octanol–water partition coefficient (Wildman–Crippen LogP) is 4.97. The van der Waals surface area contributed by atoms with Crippen LogP contribution in [-0.4, -0.2) is 19.3 Å². The first-order valence-corrected chi connectivity index (χ1v) is 10.3. The van der Waals surface area contributed by atoms with E-state index in [4.69, 9.17) is 0 Å². The molecule has 0 radical (unpaired) electrons. The van der Waals surface area contributed by atoms with Gasteiger partial charge in [0, 0.05) is 41.8 Å². The Morgan fingerprint density at radius 2 is 1.87 bits per heavy atom. The molecule has 1 aromatic carbocycles. The maximum Gasteiger partial charge on any atom is 0.287 e. The maximum absolute atomic E-state index is 14.3. The van der Waals surface area contributed by atoms with Crippen molar-refractivity contribution in [1.82, 2.24) is 19.3 Å². The van der Waals surface area contributed by atoms with Crippen LogP contribution in [0.1, 0.15) is 38.1 Å². The van der Waals surface area contributed by atoms with Crippen LogP contribution in [0.2, 0.25) is 0 Å². The molecule has 0 amide bonds. The molecule has 1 saturated carbocycles. The van der Waals surface area contributed by atoms with Crippen LogP contribution in [-0.2, 0) is 0 Å². The molecule has 5 rings (SSSR count). The molecule has 3 heterocycles. The molecule has 1 aliphatic carbocycles. The Morgan fingerprint density at radius 1 is 1.07 bits per heavy atom. The van der Waals surface area contributed by atoms with Gasteiger partial charge < -0.3 is 9.88 Å². The highest BCUT2D eigenvalue weighted by atomic mass is 19.1. The smallest absolute Gasteiger partial charge is 0.287 e. The Balaban J connectivity index is 1.49. The monoisotopic (exact) mass is 403 g/mol. The number of rotatable bonds is 4. The van der Waals surface area contributed by atoms with Crippen LogP contribution in [0.3, 0.4) is 0 Å². The second kappa shape index (κ2) is 7.74. The van der Waals surface area contributed by atoms with Crippen molar-refractivity contribution in [1.29, 1.82) is 0 Å². The SMILES string of the molecule is O=c1c(F)cc2cnc(Nc3ccc(-n4cccn4)cc3)cc2n1C1CCCCC1. The summed E-state index contributed by atoms with van der Waals surface area (Å²) in [5, 5.41) is 8.14. The minimum absolute atomic E-state index is 0.0352. The van der Waals surface area contributed by atoms with Gasteiger partial charge in [0.1, 0.15) is 5.82 Å². The summed E-state index contributed by atoms with van der Waals surface area (Å²) < 4.78 is 17.7. The summed E-state index contributed by atoms with van der Waals surface area (Å²) in [4.78, 5) is 17.1. The van der Waals surface area contributed by atoms with Gasteiger partial charge in [0.05, 0.1) is 11.2 Å². The molecular formula is C23H22FN5O. The molecule has 6 nitrogen and oxygen atoms in total. The Bertz CT molecular complexity index is 1230. The molecule has 30 heavy (non-hydrogen) atoms. The maximum atomic E-state index is 14.3. The van der Waals surface area contributed by atoms with Crippen LogP contribution in [0, 0.1) is 5.82 Å². The number of anilines is 2. The van der Waals surface area contributed by atoms with E-state index in [2.05, 4.69) is 15.4 Å². The zero-order chi connectivity index (χ0) is 20.5. The highest BCUT2D eigenvalue weighted by molar-refractivity contribution is 5.81. The first-order valence-electron chi connectivity index (χ1n) is 10.3. The van der Waals surface area contributed by atoms with Crippen molar-refractivity contribution < 1.29 is 4.39 Å². The average Bonchev–Trinajstić information content (AvgIpc) is 3.31. The number of aromatic nitrogens is 4. The number of hydrogen-bond acceptors (Lipinski definition) is 4. The van der Waals surface area contributed by atoms with Gasteiger partial charge in [-0.05, 0) is 49.2 Å². The lowest BCUT2D eigenvalue weighted by molar-refractivity contribution is 0.349. The van der Waals surface area contributed by atoms with Crippen LogP contribution >= 0.6 is 0 Å². The third-order valence-electron chi connectivity index (χ3n) is 5.73. The molecule has 4 aromatic rings. The highest BCUT2D eigenvalue weighted by Gasteiger charge is 2.20. The molecule has 0 spiro atoms.